The van der Waals surface area contributed by atoms with Crippen LogP contribution >= 0.6 is 11.3 Å². The van der Waals surface area contributed by atoms with Crippen molar-refractivity contribution in [2.45, 2.75) is 13.5 Å². The van der Waals surface area contributed by atoms with Crippen molar-refractivity contribution >= 4 is 33.1 Å². The third kappa shape index (κ3) is 3.59. The summed E-state index contributed by atoms with van der Waals surface area (Å²) in [5.41, 5.74) is 2.28. The number of rotatable bonds is 4. The molecule has 2 heterocycles. The van der Waals surface area contributed by atoms with Gasteiger partial charge in [0.1, 0.15) is 16.5 Å². The number of nitrogens with one attached hydrogen (secondary N) is 1. The fraction of sp³-hybridized carbons (Fsp3) is 0.100. The van der Waals surface area contributed by atoms with Gasteiger partial charge >= 0.3 is 0 Å². The summed E-state index contributed by atoms with van der Waals surface area (Å²) in [6.07, 6.45) is 0. The Kier molecular flexibility index (Phi) is 4.45. The van der Waals surface area contributed by atoms with Crippen molar-refractivity contribution in [2.75, 3.05) is 5.32 Å². The predicted molar refractivity (Wildman–Crippen MR) is 102 cm³/mol. The minimum atomic E-state index is -0.355. The minimum Gasteiger partial charge on any atom is -0.321 e. The molecule has 0 atom stereocenters. The Labute approximate surface area is 158 Å². The van der Waals surface area contributed by atoms with Gasteiger partial charge in [0.15, 0.2) is 0 Å². The van der Waals surface area contributed by atoms with Crippen LogP contribution < -0.4 is 5.32 Å². The van der Waals surface area contributed by atoms with E-state index in [0.717, 1.165) is 21.5 Å². The van der Waals surface area contributed by atoms with Crippen LogP contribution in [-0.4, -0.2) is 15.7 Å². The number of amides is 1. The molecule has 0 radical (unpaired) electrons. The highest BCUT2D eigenvalue weighted by Crippen LogP contribution is 2.29. The molecule has 4 rings (SSSR count). The lowest BCUT2D eigenvalue weighted by molar-refractivity contribution is 0.103. The van der Waals surface area contributed by atoms with E-state index in [0.29, 0.717) is 17.1 Å². The zero-order chi connectivity index (χ0) is 19.0. The van der Waals surface area contributed by atoms with Crippen LogP contribution in [0.3, 0.4) is 0 Å². The quantitative estimate of drug-likeness (QED) is 0.540. The van der Waals surface area contributed by atoms with Gasteiger partial charge in [-0.3, -0.25) is 9.48 Å². The molecule has 1 amide bonds. The van der Waals surface area contributed by atoms with Gasteiger partial charge in [-0.05, 0) is 55.0 Å². The number of carbonyl (C=O) groups is 1. The van der Waals surface area contributed by atoms with Crippen molar-refractivity contribution in [3.05, 3.63) is 82.4 Å². The maximum atomic E-state index is 13.1. The van der Waals surface area contributed by atoms with Crippen molar-refractivity contribution in [2.24, 2.45) is 0 Å². The first-order valence-electron chi connectivity index (χ1n) is 8.28. The Morgan fingerprint density at radius 1 is 1.07 bits per heavy atom. The first-order valence-corrected chi connectivity index (χ1v) is 9.09. The van der Waals surface area contributed by atoms with Crippen LogP contribution in [0.1, 0.15) is 20.9 Å². The summed E-state index contributed by atoms with van der Waals surface area (Å²) in [5, 5.41) is 8.19. The zero-order valence-electron chi connectivity index (χ0n) is 14.4. The molecule has 0 saturated heterocycles. The number of thiophene rings is 1. The Hall–Kier alpha value is -3.06. The Bertz CT molecular complexity index is 1110. The van der Waals surface area contributed by atoms with Crippen LogP contribution in [0.5, 0.6) is 0 Å². The summed E-state index contributed by atoms with van der Waals surface area (Å²) in [4.78, 5) is 13.9. The summed E-state index contributed by atoms with van der Waals surface area (Å²) in [7, 11) is 0. The molecule has 1 N–H and O–H groups in total. The second-order valence-electron chi connectivity index (χ2n) is 6.16. The van der Waals surface area contributed by atoms with Gasteiger partial charge in [-0.1, -0.05) is 12.1 Å². The number of aromatic nitrogens is 2. The van der Waals surface area contributed by atoms with E-state index in [1.807, 2.05) is 17.7 Å². The summed E-state index contributed by atoms with van der Waals surface area (Å²) in [6.45, 7) is 2.38. The standard InChI is InChI=1S/C20H15F2N3OS/c1-12-17-10-18(19(26)23-16-8-6-15(22)7-9-16)27-20(17)25(24-12)11-13-2-4-14(21)5-3-13/h2-10H,11H2,1H3,(H,23,26). The van der Waals surface area contributed by atoms with E-state index < -0.39 is 0 Å². The van der Waals surface area contributed by atoms with Gasteiger partial charge in [-0.2, -0.15) is 5.10 Å². The van der Waals surface area contributed by atoms with Crippen LogP contribution in [-0.2, 0) is 6.54 Å². The Balaban J connectivity index is 1.60. The van der Waals surface area contributed by atoms with Crippen molar-refractivity contribution in [3.63, 3.8) is 0 Å². The van der Waals surface area contributed by atoms with Crippen LogP contribution in [0.4, 0.5) is 14.5 Å². The van der Waals surface area contributed by atoms with E-state index in [4.69, 9.17) is 0 Å². The maximum Gasteiger partial charge on any atom is 0.265 e. The molecular weight excluding hydrogens is 368 g/mol. The highest BCUT2D eigenvalue weighted by Gasteiger charge is 2.16. The number of anilines is 1. The largest absolute Gasteiger partial charge is 0.321 e. The molecule has 7 heteroatoms. The molecular formula is C20H15F2N3OS. The average Bonchev–Trinajstić information content (AvgIpc) is 3.21. The number of benzene rings is 2. The normalized spacial score (nSPS) is 11.1. The van der Waals surface area contributed by atoms with E-state index >= 15 is 0 Å². The smallest absolute Gasteiger partial charge is 0.265 e. The van der Waals surface area contributed by atoms with Gasteiger partial charge in [-0.15, -0.1) is 11.3 Å². The molecule has 27 heavy (non-hydrogen) atoms. The predicted octanol–water partition coefficient (Wildman–Crippen LogP) is 4.99. The van der Waals surface area contributed by atoms with Crippen molar-refractivity contribution in [1.29, 1.82) is 0 Å². The summed E-state index contributed by atoms with van der Waals surface area (Å²) >= 11 is 1.34. The van der Waals surface area contributed by atoms with Gasteiger partial charge in [0.05, 0.1) is 17.1 Å². The number of fused-ring (bicyclic) bond motifs is 1. The summed E-state index contributed by atoms with van der Waals surface area (Å²) in [6, 6.07) is 13.7. The van der Waals surface area contributed by atoms with E-state index in [1.165, 1.54) is 47.7 Å². The minimum absolute atomic E-state index is 0.254. The lowest BCUT2D eigenvalue weighted by Crippen LogP contribution is -2.10. The lowest BCUT2D eigenvalue weighted by atomic mass is 10.2. The average molecular weight is 383 g/mol. The van der Waals surface area contributed by atoms with Gasteiger partial charge in [0, 0.05) is 11.1 Å². The molecule has 0 bridgehead atoms. The molecule has 0 aliphatic carbocycles. The van der Waals surface area contributed by atoms with Crippen LogP contribution in [0, 0.1) is 18.6 Å². The fourth-order valence-corrected chi connectivity index (χ4v) is 3.88. The molecule has 4 nitrogen and oxygen atoms in total. The fourth-order valence-electron chi connectivity index (χ4n) is 2.82. The third-order valence-corrected chi connectivity index (χ3v) is 5.33. The molecule has 0 fully saturated rings. The molecule has 136 valence electrons. The highest BCUT2D eigenvalue weighted by atomic mass is 32.1. The first kappa shape index (κ1) is 17.4. The van der Waals surface area contributed by atoms with Crippen LogP contribution in [0.2, 0.25) is 0 Å². The maximum absolute atomic E-state index is 13.1. The number of nitrogens with zero attached hydrogens (tertiary/aromatic N) is 2. The van der Waals surface area contributed by atoms with Crippen LogP contribution in [0.15, 0.2) is 54.6 Å². The molecule has 0 spiro atoms. The Morgan fingerprint density at radius 3 is 2.37 bits per heavy atom. The molecule has 0 unspecified atom stereocenters. The molecule has 4 aromatic rings. The molecule has 2 aromatic carbocycles. The first-order chi connectivity index (χ1) is 13.0. The van der Waals surface area contributed by atoms with Crippen molar-refractivity contribution in [3.8, 4) is 0 Å². The van der Waals surface area contributed by atoms with Crippen molar-refractivity contribution in [1.82, 2.24) is 9.78 Å². The Morgan fingerprint density at radius 2 is 1.70 bits per heavy atom. The van der Waals surface area contributed by atoms with Crippen molar-refractivity contribution < 1.29 is 13.6 Å². The monoisotopic (exact) mass is 383 g/mol. The molecule has 0 aliphatic rings. The van der Waals surface area contributed by atoms with E-state index in [9.17, 15) is 13.6 Å². The highest BCUT2D eigenvalue weighted by molar-refractivity contribution is 7.20. The van der Waals surface area contributed by atoms with Crippen LogP contribution in [0.25, 0.3) is 10.2 Å². The summed E-state index contributed by atoms with van der Waals surface area (Å²) in [5.74, 6) is -0.890. The second-order valence-corrected chi connectivity index (χ2v) is 7.19. The number of hydrogen-bond donors (Lipinski definition) is 1. The van der Waals surface area contributed by atoms with E-state index in [-0.39, 0.29) is 17.5 Å². The van der Waals surface area contributed by atoms with E-state index in [2.05, 4.69) is 10.4 Å². The molecule has 2 aromatic heterocycles. The second kappa shape index (κ2) is 6.92. The third-order valence-electron chi connectivity index (χ3n) is 4.18. The van der Waals surface area contributed by atoms with Gasteiger partial charge < -0.3 is 5.32 Å². The number of hydrogen-bond acceptors (Lipinski definition) is 3. The van der Waals surface area contributed by atoms with Gasteiger partial charge in [0.2, 0.25) is 0 Å². The number of carbonyl (C=O) groups excluding carboxylic acids is 1. The topological polar surface area (TPSA) is 46.9 Å². The zero-order valence-corrected chi connectivity index (χ0v) is 15.2. The number of halogens is 2. The SMILES string of the molecule is Cc1nn(Cc2ccc(F)cc2)c2sc(C(=O)Nc3ccc(F)cc3)cc12. The number of aryl methyl sites for hydroxylation is 1. The summed E-state index contributed by atoms with van der Waals surface area (Å²) < 4.78 is 27.9. The van der Waals surface area contributed by atoms with E-state index in [1.54, 1.807) is 12.1 Å². The molecule has 0 saturated carbocycles. The lowest BCUT2D eigenvalue weighted by Gasteiger charge is -2.04. The molecule has 0 aliphatic heterocycles. The van der Waals surface area contributed by atoms with Gasteiger partial charge in [-0.25, -0.2) is 8.78 Å². The van der Waals surface area contributed by atoms with Gasteiger partial charge in [0.25, 0.3) is 5.91 Å².